The van der Waals surface area contributed by atoms with Crippen LogP contribution in [-0.2, 0) is 27.2 Å². The minimum atomic E-state index is -0.248. The second-order valence-electron chi connectivity index (χ2n) is 3.65. The predicted octanol–water partition coefficient (Wildman–Crippen LogP) is 1.91. The van der Waals surface area contributed by atoms with Crippen molar-refractivity contribution in [1.82, 2.24) is 0 Å². The molecule has 0 unspecified atom stereocenters. The summed E-state index contributed by atoms with van der Waals surface area (Å²) in [4.78, 5) is 21.7. The number of hydrogen-bond acceptors (Lipinski definition) is 4. The van der Waals surface area contributed by atoms with Crippen molar-refractivity contribution in [2.45, 2.75) is 32.6 Å². The van der Waals surface area contributed by atoms with Crippen molar-refractivity contribution < 1.29 is 18.7 Å². The smallest absolute Gasteiger partial charge is 0.305 e. The molecule has 0 radical (unpaired) electrons. The lowest BCUT2D eigenvalue weighted by Gasteiger charge is -1.97. The molecular formula is C12H16O4. The van der Waals surface area contributed by atoms with Gasteiger partial charge in [-0.25, -0.2) is 0 Å². The van der Waals surface area contributed by atoms with E-state index in [4.69, 9.17) is 4.42 Å². The minimum Gasteiger partial charge on any atom is -0.469 e. The summed E-state index contributed by atoms with van der Waals surface area (Å²) >= 11 is 0. The summed E-state index contributed by atoms with van der Waals surface area (Å²) in [5, 5.41) is 0. The maximum Gasteiger partial charge on any atom is 0.305 e. The van der Waals surface area contributed by atoms with E-state index in [1.165, 1.54) is 7.11 Å². The third-order valence-corrected chi connectivity index (χ3v) is 2.24. The highest BCUT2D eigenvalue weighted by Crippen LogP contribution is 2.12. The Balaban J connectivity index is 2.39. The van der Waals surface area contributed by atoms with E-state index in [0.29, 0.717) is 25.7 Å². The molecule has 0 saturated carbocycles. The van der Waals surface area contributed by atoms with Gasteiger partial charge >= 0.3 is 5.97 Å². The van der Waals surface area contributed by atoms with E-state index in [1.54, 1.807) is 6.92 Å². The second-order valence-corrected chi connectivity index (χ2v) is 3.65. The lowest BCUT2D eigenvalue weighted by Crippen LogP contribution is -2.01. The first-order valence-corrected chi connectivity index (χ1v) is 5.25. The molecule has 0 atom stereocenters. The van der Waals surface area contributed by atoms with Crippen LogP contribution >= 0.6 is 0 Å². The van der Waals surface area contributed by atoms with Gasteiger partial charge in [0.15, 0.2) is 0 Å². The van der Waals surface area contributed by atoms with E-state index in [0.717, 1.165) is 11.5 Å². The van der Waals surface area contributed by atoms with Crippen LogP contribution in [0.4, 0.5) is 0 Å². The number of carbonyl (C=O) groups excluding carboxylic acids is 2. The number of esters is 1. The Bertz CT molecular complexity index is 365. The van der Waals surface area contributed by atoms with E-state index in [1.807, 2.05) is 12.1 Å². The average molecular weight is 224 g/mol. The van der Waals surface area contributed by atoms with Gasteiger partial charge in [-0.05, 0) is 19.1 Å². The van der Waals surface area contributed by atoms with Gasteiger partial charge in [-0.1, -0.05) is 0 Å². The van der Waals surface area contributed by atoms with Crippen molar-refractivity contribution in [3.8, 4) is 0 Å². The number of ether oxygens (including phenoxy) is 1. The van der Waals surface area contributed by atoms with Crippen molar-refractivity contribution in [3.63, 3.8) is 0 Å². The number of methoxy groups -OCH3 is 1. The SMILES string of the molecule is COC(=O)CCc1ccc(CCC(C)=O)o1. The summed E-state index contributed by atoms with van der Waals surface area (Å²) in [6.07, 6.45) is 1.96. The summed E-state index contributed by atoms with van der Waals surface area (Å²) in [5.74, 6) is 1.44. The van der Waals surface area contributed by atoms with Gasteiger partial charge in [0, 0.05) is 19.3 Å². The topological polar surface area (TPSA) is 56.5 Å². The zero-order valence-electron chi connectivity index (χ0n) is 9.62. The third-order valence-electron chi connectivity index (χ3n) is 2.24. The maximum absolute atomic E-state index is 10.9. The third kappa shape index (κ3) is 4.29. The molecule has 0 amide bonds. The van der Waals surface area contributed by atoms with E-state index in [-0.39, 0.29) is 11.8 Å². The lowest BCUT2D eigenvalue weighted by atomic mass is 10.2. The highest BCUT2D eigenvalue weighted by atomic mass is 16.5. The highest BCUT2D eigenvalue weighted by Gasteiger charge is 2.06. The molecule has 4 nitrogen and oxygen atoms in total. The number of aryl methyl sites for hydroxylation is 2. The van der Waals surface area contributed by atoms with Gasteiger partial charge in [0.25, 0.3) is 0 Å². The molecule has 0 bridgehead atoms. The van der Waals surface area contributed by atoms with Crippen molar-refractivity contribution >= 4 is 11.8 Å². The average Bonchev–Trinajstić information content (AvgIpc) is 2.71. The first-order chi connectivity index (χ1) is 7.61. The largest absolute Gasteiger partial charge is 0.469 e. The fourth-order valence-corrected chi connectivity index (χ4v) is 1.32. The molecular weight excluding hydrogens is 208 g/mol. The number of ketones is 1. The number of furan rings is 1. The fourth-order valence-electron chi connectivity index (χ4n) is 1.32. The Morgan fingerprint density at radius 1 is 1.19 bits per heavy atom. The zero-order valence-corrected chi connectivity index (χ0v) is 9.62. The lowest BCUT2D eigenvalue weighted by molar-refractivity contribution is -0.140. The normalized spacial score (nSPS) is 10.1. The van der Waals surface area contributed by atoms with Gasteiger partial charge < -0.3 is 13.9 Å². The first-order valence-electron chi connectivity index (χ1n) is 5.25. The molecule has 1 heterocycles. The van der Waals surface area contributed by atoms with Crippen molar-refractivity contribution in [2.75, 3.05) is 7.11 Å². The van der Waals surface area contributed by atoms with Crippen LogP contribution in [0.25, 0.3) is 0 Å². The van der Waals surface area contributed by atoms with Crippen LogP contribution in [0.2, 0.25) is 0 Å². The fraction of sp³-hybridized carbons (Fsp3) is 0.500. The van der Waals surface area contributed by atoms with Gasteiger partial charge in [0.1, 0.15) is 17.3 Å². The molecule has 1 rings (SSSR count). The molecule has 16 heavy (non-hydrogen) atoms. The van der Waals surface area contributed by atoms with E-state index in [9.17, 15) is 9.59 Å². The molecule has 0 N–H and O–H groups in total. The summed E-state index contributed by atoms with van der Waals surface area (Å²) in [7, 11) is 1.36. The monoisotopic (exact) mass is 224 g/mol. The van der Waals surface area contributed by atoms with Gasteiger partial charge in [-0.2, -0.15) is 0 Å². The Kier molecular flexibility index (Phi) is 4.76. The van der Waals surface area contributed by atoms with E-state index >= 15 is 0 Å². The molecule has 1 aromatic rings. The number of Topliss-reactive ketones (excluding diaryl/α,β-unsaturated/α-hetero) is 1. The van der Waals surface area contributed by atoms with E-state index < -0.39 is 0 Å². The van der Waals surface area contributed by atoms with Crippen molar-refractivity contribution in [1.29, 1.82) is 0 Å². The molecule has 88 valence electrons. The van der Waals surface area contributed by atoms with Crippen LogP contribution in [-0.4, -0.2) is 18.9 Å². The van der Waals surface area contributed by atoms with Gasteiger partial charge in [0.05, 0.1) is 13.5 Å². The molecule has 0 fully saturated rings. The summed E-state index contributed by atoms with van der Waals surface area (Å²) in [6.45, 7) is 1.56. The van der Waals surface area contributed by atoms with Crippen molar-refractivity contribution in [3.05, 3.63) is 23.7 Å². The predicted molar refractivity (Wildman–Crippen MR) is 58.0 cm³/mol. The Morgan fingerprint density at radius 2 is 1.75 bits per heavy atom. The van der Waals surface area contributed by atoms with Gasteiger partial charge in [0.2, 0.25) is 0 Å². The Morgan fingerprint density at radius 3 is 2.25 bits per heavy atom. The minimum absolute atomic E-state index is 0.146. The van der Waals surface area contributed by atoms with Gasteiger partial charge in [-0.15, -0.1) is 0 Å². The molecule has 0 aliphatic rings. The molecule has 0 aliphatic carbocycles. The van der Waals surface area contributed by atoms with Crippen LogP contribution in [0.5, 0.6) is 0 Å². The Labute approximate surface area is 94.6 Å². The van der Waals surface area contributed by atoms with Crippen LogP contribution in [0.1, 0.15) is 31.3 Å². The summed E-state index contributed by atoms with van der Waals surface area (Å²) in [6, 6.07) is 3.67. The highest BCUT2D eigenvalue weighted by molar-refractivity contribution is 5.75. The first kappa shape index (κ1) is 12.5. The molecule has 0 saturated heterocycles. The standard InChI is InChI=1S/C12H16O4/c1-9(13)3-4-10-5-6-11(16-10)7-8-12(14)15-2/h5-6H,3-4,7-8H2,1-2H3. The molecule has 0 aromatic carbocycles. The number of rotatable bonds is 6. The molecule has 0 spiro atoms. The van der Waals surface area contributed by atoms with Crippen LogP contribution < -0.4 is 0 Å². The van der Waals surface area contributed by atoms with Gasteiger partial charge in [-0.3, -0.25) is 4.79 Å². The summed E-state index contributed by atoms with van der Waals surface area (Å²) < 4.78 is 10.0. The second kappa shape index (κ2) is 6.10. The van der Waals surface area contributed by atoms with Crippen molar-refractivity contribution in [2.24, 2.45) is 0 Å². The Hall–Kier alpha value is -1.58. The number of hydrogen-bond donors (Lipinski definition) is 0. The van der Waals surface area contributed by atoms with Crippen LogP contribution in [0.3, 0.4) is 0 Å². The quantitative estimate of drug-likeness (QED) is 0.692. The number of carbonyl (C=O) groups is 2. The molecule has 4 heteroatoms. The van der Waals surface area contributed by atoms with Crippen LogP contribution in [0.15, 0.2) is 16.5 Å². The molecule has 1 aromatic heterocycles. The maximum atomic E-state index is 10.9. The zero-order chi connectivity index (χ0) is 12.0. The van der Waals surface area contributed by atoms with Crippen LogP contribution in [0, 0.1) is 0 Å². The molecule has 0 aliphatic heterocycles. The summed E-state index contributed by atoms with van der Waals surface area (Å²) in [5.41, 5.74) is 0. The van der Waals surface area contributed by atoms with E-state index in [2.05, 4.69) is 4.74 Å².